The van der Waals surface area contributed by atoms with Gasteiger partial charge in [-0.05, 0) is 32.7 Å². The maximum absolute atomic E-state index is 5.28. The Balaban J connectivity index is 2.03. The highest BCUT2D eigenvalue weighted by Gasteiger charge is 2.22. The second-order valence-electron chi connectivity index (χ2n) is 4.94. The minimum Gasteiger partial charge on any atom is -0.384 e. The highest BCUT2D eigenvalue weighted by atomic mass is 32.1. The molecule has 18 heavy (non-hydrogen) atoms. The standard InChI is InChI=1S/C13H23N3OS/c1-10-12(7-14-2)18-13(15-10)16-6-4-5-11(8-16)9-17-3/h11,14H,4-9H2,1-3H3. The number of nitrogens with zero attached hydrogens (tertiary/aromatic N) is 2. The molecule has 1 aliphatic rings. The summed E-state index contributed by atoms with van der Waals surface area (Å²) in [4.78, 5) is 8.48. The Bertz CT molecular complexity index is 378. The lowest BCUT2D eigenvalue weighted by atomic mass is 9.99. The molecule has 0 amide bonds. The molecule has 1 N–H and O–H groups in total. The molecule has 0 radical (unpaired) electrons. The fourth-order valence-corrected chi connectivity index (χ4v) is 3.59. The van der Waals surface area contributed by atoms with Crippen LogP contribution in [0.2, 0.25) is 0 Å². The predicted octanol–water partition coefficient (Wildman–Crippen LogP) is 2.03. The molecule has 0 spiro atoms. The topological polar surface area (TPSA) is 37.4 Å². The van der Waals surface area contributed by atoms with Crippen molar-refractivity contribution >= 4 is 16.5 Å². The van der Waals surface area contributed by atoms with Gasteiger partial charge in [-0.25, -0.2) is 4.98 Å². The van der Waals surface area contributed by atoms with Crippen LogP contribution in [0.3, 0.4) is 0 Å². The Kier molecular flexibility index (Phi) is 4.97. The van der Waals surface area contributed by atoms with Gasteiger partial charge >= 0.3 is 0 Å². The summed E-state index contributed by atoms with van der Waals surface area (Å²) < 4.78 is 5.28. The molecule has 0 aromatic carbocycles. The van der Waals surface area contributed by atoms with Crippen molar-refractivity contribution in [2.45, 2.75) is 26.3 Å². The van der Waals surface area contributed by atoms with Gasteiger partial charge in [0.25, 0.3) is 0 Å². The van der Waals surface area contributed by atoms with Crippen molar-refractivity contribution in [3.63, 3.8) is 0 Å². The lowest BCUT2D eigenvalue weighted by molar-refractivity contribution is 0.143. The third kappa shape index (κ3) is 3.22. The molecule has 0 aliphatic carbocycles. The molecule has 4 nitrogen and oxygen atoms in total. The number of piperidine rings is 1. The van der Waals surface area contributed by atoms with Gasteiger partial charge in [-0.1, -0.05) is 0 Å². The molecular weight excluding hydrogens is 246 g/mol. The summed E-state index contributed by atoms with van der Waals surface area (Å²) in [5.74, 6) is 0.653. The number of nitrogens with one attached hydrogen (secondary N) is 1. The number of anilines is 1. The van der Waals surface area contributed by atoms with E-state index in [4.69, 9.17) is 9.72 Å². The van der Waals surface area contributed by atoms with Gasteiger partial charge in [0.1, 0.15) is 0 Å². The highest BCUT2D eigenvalue weighted by Crippen LogP contribution is 2.29. The first kappa shape index (κ1) is 13.8. The van der Waals surface area contributed by atoms with Crippen molar-refractivity contribution in [1.29, 1.82) is 0 Å². The van der Waals surface area contributed by atoms with Crippen LogP contribution in [-0.4, -0.2) is 38.8 Å². The molecule has 1 fully saturated rings. The normalized spacial score (nSPS) is 20.4. The lowest BCUT2D eigenvalue weighted by Gasteiger charge is -2.32. The van der Waals surface area contributed by atoms with E-state index in [1.54, 1.807) is 7.11 Å². The minimum absolute atomic E-state index is 0.653. The van der Waals surface area contributed by atoms with Crippen molar-refractivity contribution in [2.24, 2.45) is 5.92 Å². The maximum Gasteiger partial charge on any atom is 0.185 e. The number of aromatic nitrogens is 1. The number of ether oxygens (including phenoxy) is 1. The summed E-state index contributed by atoms with van der Waals surface area (Å²) in [5, 5.41) is 4.38. The SMILES string of the molecule is CNCc1sc(N2CCCC(COC)C2)nc1C. The third-order valence-electron chi connectivity index (χ3n) is 3.41. The van der Waals surface area contributed by atoms with Gasteiger partial charge in [-0.15, -0.1) is 11.3 Å². The molecule has 1 aliphatic heterocycles. The van der Waals surface area contributed by atoms with Crippen molar-refractivity contribution in [3.8, 4) is 0 Å². The van der Waals surface area contributed by atoms with E-state index < -0.39 is 0 Å². The van der Waals surface area contributed by atoms with Crippen molar-refractivity contribution in [1.82, 2.24) is 10.3 Å². The number of aryl methyl sites for hydroxylation is 1. The van der Waals surface area contributed by atoms with E-state index in [9.17, 15) is 0 Å². The molecule has 1 atom stereocenters. The predicted molar refractivity (Wildman–Crippen MR) is 76.4 cm³/mol. The maximum atomic E-state index is 5.28. The van der Waals surface area contributed by atoms with Crippen molar-refractivity contribution in [3.05, 3.63) is 10.6 Å². The molecule has 1 saturated heterocycles. The summed E-state index contributed by atoms with van der Waals surface area (Å²) in [6.45, 7) is 6.10. The number of rotatable bonds is 5. The smallest absolute Gasteiger partial charge is 0.185 e. The Morgan fingerprint density at radius 3 is 3.11 bits per heavy atom. The fourth-order valence-electron chi connectivity index (χ4n) is 2.48. The van der Waals surface area contributed by atoms with Crippen LogP contribution >= 0.6 is 11.3 Å². The zero-order valence-electron chi connectivity index (χ0n) is 11.5. The summed E-state index contributed by atoms with van der Waals surface area (Å²) in [6.07, 6.45) is 2.52. The van der Waals surface area contributed by atoms with Crippen LogP contribution < -0.4 is 10.2 Å². The second kappa shape index (κ2) is 6.50. The summed E-state index contributed by atoms with van der Waals surface area (Å²) in [6, 6.07) is 0. The van der Waals surface area contributed by atoms with E-state index in [-0.39, 0.29) is 0 Å². The van der Waals surface area contributed by atoms with Crippen molar-refractivity contribution < 1.29 is 4.74 Å². The van der Waals surface area contributed by atoms with Crippen LogP contribution in [0.5, 0.6) is 0 Å². The molecule has 1 aromatic heterocycles. The third-order valence-corrected chi connectivity index (χ3v) is 4.63. The first-order valence-electron chi connectivity index (χ1n) is 6.59. The summed E-state index contributed by atoms with van der Waals surface area (Å²) >= 11 is 1.82. The average Bonchev–Trinajstić information content (AvgIpc) is 2.73. The number of hydrogen-bond donors (Lipinski definition) is 1. The van der Waals surface area contributed by atoms with Crippen LogP contribution in [0.25, 0.3) is 0 Å². The summed E-state index contributed by atoms with van der Waals surface area (Å²) in [5.41, 5.74) is 1.17. The van der Waals surface area contributed by atoms with Crippen LogP contribution in [-0.2, 0) is 11.3 Å². The van der Waals surface area contributed by atoms with Crippen LogP contribution in [0.4, 0.5) is 5.13 Å². The molecule has 2 heterocycles. The van der Waals surface area contributed by atoms with Gasteiger partial charge in [-0.2, -0.15) is 0 Å². The fraction of sp³-hybridized carbons (Fsp3) is 0.769. The largest absolute Gasteiger partial charge is 0.384 e. The molecule has 5 heteroatoms. The Labute approximate surface area is 113 Å². The Hall–Kier alpha value is -0.650. The Morgan fingerprint density at radius 2 is 2.39 bits per heavy atom. The molecule has 1 unspecified atom stereocenters. The van der Waals surface area contributed by atoms with Crippen LogP contribution in [0.15, 0.2) is 0 Å². The zero-order chi connectivity index (χ0) is 13.0. The van der Waals surface area contributed by atoms with Gasteiger partial charge in [0, 0.05) is 31.6 Å². The van der Waals surface area contributed by atoms with Crippen LogP contribution in [0, 0.1) is 12.8 Å². The number of hydrogen-bond acceptors (Lipinski definition) is 5. The van der Waals surface area contributed by atoms with E-state index in [0.29, 0.717) is 5.92 Å². The quantitative estimate of drug-likeness (QED) is 0.887. The molecule has 0 bridgehead atoms. The van der Waals surface area contributed by atoms with E-state index >= 15 is 0 Å². The van der Waals surface area contributed by atoms with Gasteiger partial charge in [0.05, 0.1) is 12.3 Å². The van der Waals surface area contributed by atoms with E-state index in [0.717, 1.165) is 26.2 Å². The van der Waals surface area contributed by atoms with E-state index in [2.05, 4.69) is 17.1 Å². The second-order valence-corrected chi connectivity index (χ2v) is 6.01. The minimum atomic E-state index is 0.653. The highest BCUT2D eigenvalue weighted by molar-refractivity contribution is 7.15. The molecule has 0 saturated carbocycles. The molecular formula is C13H23N3OS. The van der Waals surface area contributed by atoms with Gasteiger partial charge in [0.2, 0.25) is 0 Å². The first-order valence-corrected chi connectivity index (χ1v) is 7.41. The number of thiazole rings is 1. The van der Waals surface area contributed by atoms with Gasteiger partial charge in [0.15, 0.2) is 5.13 Å². The zero-order valence-corrected chi connectivity index (χ0v) is 12.3. The average molecular weight is 269 g/mol. The Morgan fingerprint density at radius 1 is 1.56 bits per heavy atom. The van der Waals surface area contributed by atoms with Crippen LogP contribution in [0.1, 0.15) is 23.4 Å². The van der Waals surface area contributed by atoms with E-state index in [1.165, 1.54) is 28.5 Å². The molecule has 2 rings (SSSR count). The summed E-state index contributed by atoms with van der Waals surface area (Å²) in [7, 11) is 3.77. The lowest BCUT2D eigenvalue weighted by Crippen LogP contribution is -2.37. The first-order chi connectivity index (χ1) is 8.74. The molecule has 1 aromatic rings. The monoisotopic (exact) mass is 269 g/mol. The van der Waals surface area contributed by atoms with E-state index in [1.807, 2.05) is 18.4 Å². The number of methoxy groups -OCH3 is 1. The van der Waals surface area contributed by atoms with Crippen molar-refractivity contribution in [2.75, 3.05) is 38.8 Å². The molecule has 102 valence electrons. The van der Waals surface area contributed by atoms with Gasteiger partial charge < -0.3 is 15.0 Å². The van der Waals surface area contributed by atoms with Gasteiger partial charge in [-0.3, -0.25) is 0 Å².